The molecule has 0 fully saturated rings. The van der Waals surface area contributed by atoms with E-state index in [9.17, 15) is 9.18 Å². The molecule has 0 aliphatic heterocycles. The lowest BCUT2D eigenvalue weighted by molar-refractivity contribution is -0.907. The lowest BCUT2D eigenvalue weighted by Crippen LogP contribution is -3.12. The van der Waals surface area contributed by atoms with Gasteiger partial charge in [-0.25, -0.2) is 4.39 Å². The summed E-state index contributed by atoms with van der Waals surface area (Å²) in [6.07, 6.45) is 0. The predicted molar refractivity (Wildman–Crippen MR) is 93.1 cm³/mol. The normalized spacial score (nSPS) is 13.2. The Morgan fingerprint density at radius 1 is 1.29 bits per heavy atom. The number of anilines is 1. The van der Waals surface area contributed by atoms with Crippen LogP contribution in [0.2, 0.25) is 5.02 Å². The zero-order chi connectivity index (χ0) is 17.7. The van der Waals surface area contributed by atoms with E-state index in [1.807, 2.05) is 14.0 Å². The van der Waals surface area contributed by atoms with Crippen LogP contribution in [0.5, 0.6) is 5.75 Å². The molecule has 128 valence electrons. The molecule has 2 aromatic rings. The first kappa shape index (κ1) is 18.2. The van der Waals surface area contributed by atoms with Gasteiger partial charge in [-0.2, -0.15) is 0 Å². The first-order chi connectivity index (χ1) is 11.4. The van der Waals surface area contributed by atoms with Crippen LogP contribution in [0.1, 0.15) is 12.5 Å². The van der Waals surface area contributed by atoms with E-state index in [1.54, 1.807) is 30.3 Å². The molecule has 0 aromatic heterocycles. The molecular formula is C18H21ClFN2O2+. The molecule has 0 heterocycles. The van der Waals surface area contributed by atoms with Gasteiger partial charge in [0.15, 0.2) is 6.04 Å². The predicted octanol–water partition coefficient (Wildman–Crippen LogP) is 2.53. The number of hydrogen-bond acceptors (Lipinski definition) is 2. The maximum atomic E-state index is 13.0. The Bertz CT molecular complexity index is 707. The van der Waals surface area contributed by atoms with Gasteiger partial charge in [-0.15, -0.1) is 0 Å². The lowest BCUT2D eigenvalue weighted by atomic mass is 10.2. The third-order valence-corrected chi connectivity index (χ3v) is 4.18. The van der Waals surface area contributed by atoms with E-state index in [1.165, 1.54) is 19.2 Å². The van der Waals surface area contributed by atoms with Crippen LogP contribution in [0, 0.1) is 5.82 Å². The minimum atomic E-state index is -0.307. The first-order valence-corrected chi connectivity index (χ1v) is 7.99. The van der Waals surface area contributed by atoms with Gasteiger partial charge in [-0.3, -0.25) is 4.79 Å². The second kappa shape index (κ2) is 8.13. The fourth-order valence-electron chi connectivity index (χ4n) is 2.32. The molecule has 0 spiro atoms. The third-order valence-electron chi connectivity index (χ3n) is 3.95. The number of nitrogens with one attached hydrogen (secondary N) is 2. The fourth-order valence-corrected chi connectivity index (χ4v) is 2.49. The average molecular weight is 352 g/mol. The van der Waals surface area contributed by atoms with Gasteiger partial charge in [0.05, 0.1) is 19.8 Å². The number of ether oxygens (including phenoxy) is 1. The van der Waals surface area contributed by atoms with Crippen molar-refractivity contribution in [3.63, 3.8) is 0 Å². The molecule has 0 saturated carbocycles. The summed E-state index contributed by atoms with van der Waals surface area (Å²) in [5.74, 6) is 0.140. The molecule has 0 aliphatic carbocycles. The van der Waals surface area contributed by atoms with Crippen LogP contribution in [0.15, 0.2) is 42.5 Å². The molecule has 2 N–H and O–H groups in total. The van der Waals surface area contributed by atoms with Crippen molar-refractivity contribution in [2.45, 2.75) is 19.5 Å². The van der Waals surface area contributed by atoms with E-state index in [0.29, 0.717) is 23.0 Å². The summed E-state index contributed by atoms with van der Waals surface area (Å²) in [7, 11) is 3.46. The van der Waals surface area contributed by atoms with E-state index in [0.717, 1.165) is 10.5 Å². The fraction of sp³-hybridized carbons (Fsp3) is 0.278. The molecule has 2 aromatic carbocycles. The van der Waals surface area contributed by atoms with Crippen LogP contribution in [-0.2, 0) is 11.3 Å². The molecule has 2 atom stereocenters. The van der Waals surface area contributed by atoms with E-state index in [4.69, 9.17) is 16.3 Å². The van der Waals surface area contributed by atoms with Gasteiger partial charge in [0.1, 0.15) is 18.1 Å². The summed E-state index contributed by atoms with van der Waals surface area (Å²) < 4.78 is 18.2. The van der Waals surface area contributed by atoms with Crippen LogP contribution >= 0.6 is 11.6 Å². The van der Waals surface area contributed by atoms with E-state index >= 15 is 0 Å². The minimum Gasteiger partial charge on any atom is -0.495 e. The molecule has 24 heavy (non-hydrogen) atoms. The Labute approximate surface area is 146 Å². The van der Waals surface area contributed by atoms with Crippen LogP contribution in [0.25, 0.3) is 0 Å². The van der Waals surface area contributed by atoms with E-state index < -0.39 is 0 Å². The zero-order valence-corrected chi connectivity index (χ0v) is 14.7. The van der Waals surface area contributed by atoms with Gasteiger partial charge in [-0.05, 0) is 37.3 Å². The second-order valence-electron chi connectivity index (χ2n) is 5.71. The van der Waals surface area contributed by atoms with Crippen LogP contribution in [0.4, 0.5) is 10.1 Å². The molecule has 0 aliphatic rings. The summed E-state index contributed by atoms with van der Waals surface area (Å²) in [6, 6.07) is 11.0. The Morgan fingerprint density at radius 2 is 1.96 bits per heavy atom. The second-order valence-corrected chi connectivity index (χ2v) is 6.14. The molecule has 4 nitrogen and oxygen atoms in total. The summed E-state index contributed by atoms with van der Waals surface area (Å²) in [4.78, 5) is 13.5. The van der Waals surface area contributed by atoms with Crippen molar-refractivity contribution in [1.82, 2.24) is 0 Å². The number of hydrogen-bond donors (Lipinski definition) is 2. The van der Waals surface area contributed by atoms with Gasteiger partial charge < -0.3 is 15.0 Å². The molecule has 6 heteroatoms. The molecular weight excluding hydrogens is 331 g/mol. The summed E-state index contributed by atoms with van der Waals surface area (Å²) in [5, 5.41) is 3.37. The maximum Gasteiger partial charge on any atom is 0.282 e. The van der Waals surface area contributed by atoms with Gasteiger partial charge in [0.2, 0.25) is 0 Å². The SMILES string of the molecule is COc1ccc(Cl)cc1NC(=O)[C@@H](C)[NH+](C)Cc1ccc(F)cc1. The number of carbonyl (C=O) groups excluding carboxylic acids is 1. The Hall–Kier alpha value is -2.11. The van der Waals surface area contributed by atoms with Crippen molar-refractivity contribution >= 4 is 23.2 Å². The highest BCUT2D eigenvalue weighted by molar-refractivity contribution is 6.31. The molecule has 0 bridgehead atoms. The Kier molecular flexibility index (Phi) is 6.17. The zero-order valence-electron chi connectivity index (χ0n) is 13.9. The standard InChI is InChI=1S/C18H20ClFN2O2/c1-12(22(2)11-13-4-7-15(20)8-5-13)18(23)21-16-10-14(19)6-9-17(16)24-3/h4-10,12H,11H2,1-3H3,(H,21,23)/p+1/t12-/m1/s1. The highest BCUT2D eigenvalue weighted by Gasteiger charge is 2.23. The number of quaternary nitrogens is 1. The van der Waals surface area contributed by atoms with E-state index in [2.05, 4.69) is 5.32 Å². The van der Waals surface area contributed by atoms with Crippen molar-refractivity contribution in [2.75, 3.05) is 19.5 Å². The summed E-state index contributed by atoms with van der Waals surface area (Å²) in [6.45, 7) is 2.45. The number of halogens is 2. The maximum absolute atomic E-state index is 13.0. The summed E-state index contributed by atoms with van der Waals surface area (Å²) in [5.41, 5.74) is 1.50. The topological polar surface area (TPSA) is 42.8 Å². The summed E-state index contributed by atoms with van der Waals surface area (Å²) >= 11 is 5.98. The number of carbonyl (C=O) groups is 1. The van der Waals surface area contributed by atoms with Gasteiger partial charge in [0, 0.05) is 10.6 Å². The van der Waals surface area contributed by atoms with Crippen LogP contribution in [0.3, 0.4) is 0 Å². The number of rotatable bonds is 6. The molecule has 2 rings (SSSR count). The largest absolute Gasteiger partial charge is 0.495 e. The highest BCUT2D eigenvalue weighted by atomic mass is 35.5. The highest BCUT2D eigenvalue weighted by Crippen LogP contribution is 2.27. The minimum absolute atomic E-state index is 0.143. The average Bonchev–Trinajstić information content (AvgIpc) is 2.56. The molecule has 0 radical (unpaired) electrons. The van der Waals surface area contributed by atoms with Crippen LogP contribution in [-0.4, -0.2) is 26.1 Å². The van der Waals surface area contributed by atoms with Crippen molar-refractivity contribution in [2.24, 2.45) is 0 Å². The first-order valence-electron chi connectivity index (χ1n) is 7.62. The van der Waals surface area contributed by atoms with Crippen molar-refractivity contribution in [3.8, 4) is 5.75 Å². The molecule has 1 unspecified atom stereocenters. The van der Waals surface area contributed by atoms with Gasteiger partial charge in [-0.1, -0.05) is 23.7 Å². The Balaban J connectivity index is 2.03. The quantitative estimate of drug-likeness (QED) is 0.840. The number of amides is 1. The van der Waals surface area contributed by atoms with Crippen molar-refractivity contribution in [1.29, 1.82) is 0 Å². The van der Waals surface area contributed by atoms with Crippen molar-refractivity contribution in [3.05, 3.63) is 58.9 Å². The van der Waals surface area contributed by atoms with Crippen molar-refractivity contribution < 1.29 is 18.8 Å². The number of methoxy groups -OCH3 is 1. The van der Waals surface area contributed by atoms with E-state index in [-0.39, 0.29) is 17.8 Å². The number of likely N-dealkylation sites (N-methyl/N-ethyl adjacent to an activating group) is 1. The molecule has 0 saturated heterocycles. The molecule has 1 amide bonds. The Morgan fingerprint density at radius 3 is 2.58 bits per heavy atom. The smallest absolute Gasteiger partial charge is 0.282 e. The lowest BCUT2D eigenvalue weighted by Gasteiger charge is -2.21. The van der Waals surface area contributed by atoms with Gasteiger partial charge >= 0.3 is 0 Å². The number of benzene rings is 2. The van der Waals surface area contributed by atoms with Gasteiger partial charge in [0.25, 0.3) is 5.91 Å². The third kappa shape index (κ3) is 4.69. The monoisotopic (exact) mass is 351 g/mol. The van der Waals surface area contributed by atoms with Crippen LogP contribution < -0.4 is 15.0 Å².